The summed E-state index contributed by atoms with van der Waals surface area (Å²) in [4.78, 5) is 51.6. The molecule has 15 rings (SSSR count). The summed E-state index contributed by atoms with van der Waals surface area (Å²) in [7, 11) is -8.38. The molecule has 0 spiro atoms. The van der Waals surface area contributed by atoms with Gasteiger partial charge in [-0.25, -0.2) is 27.6 Å². The van der Waals surface area contributed by atoms with E-state index in [9.17, 15) is 4.21 Å². The number of benzene rings is 3. The lowest BCUT2D eigenvalue weighted by atomic mass is 10.0. The van der Waals surface area contributed by atoms with Crippen LogP contribution >= 0.6 is 0 Å². The summed E-state index contributed by atoms with van der Waals surface area (Å²) in [5, 5.41) is -0.658. The van der Waals surface area contributed by atoms with Crippen LogP contribution in [0, 0.1) is 20.8 Å². The van der Waals surface area contributed by atoms with Crippen LogP contribution in [0.2, 0.25) is 0 Å². The minimum atomic E-state index is -2.99. The number of imidazole rings is 3. The molecule has 10 atom stereocenters. The molecule has 6 fully saturated rings. The first-order valence-electron chi connectivity index (χ1n) is 31.1. The van der Waals surface area contributed by atoms with Crippen molar-refractivity contribution in [2.24, 2.45) is 13.1 Å². The van der Waals surface area contributed by atoms with Gasteiger partial charge >= 0.3 is 0 Å². The van der Waals surface area contributed by atoms with E-state index in [1.54, 1.807) is 18.8 Å². The number of ether oxygens (including phenoxy) is 4. The van der Waals surface area contributed by atoms with Crippen molar-refractivity contribution in [1.82, 2.24) is 58.6 Å². The highest BCUT2D eigenvalue weighted by atomic mass is 32.2. The lowest BCUT2D eigenvalue weighted by Gasteiger charge is -2.37. The highest BCUT2D eigenvalue weighted by Gasteiger charge is 2.45. The predicted octanol–water partition coefficient (Wildman–Crippen LogP) is 8.72. The van der Waals surface area contributed by atoms with Gasteiger partial charge in [0.05, 0.1) is 137 Å². The summed E-state index contributed by atoms with van der Waals surface area (Å²) in [6.45, 7) is 17.4. The molecule has 7 unspecified atom stereocenters. The van der Waals surface area contributed by atoms with E-state index in [0.29, 0.717) is 136 Å². The zero-order chi connectivity index (χ0) is 62.8. The molecule has 476 valence electrons. The van der Waals surface area contributed by atoms with Crippen molar-refractivity contribution in [3.05, 3.63) is 107 Å². The summed E-state index contributed by atoms with van der Waals surface area (Å²) >= 11 is 0. The maximum Gasteiger partial charge on any atom is 0.239 e. The molecule has 2 aliphatic carbocycles. The summed E-state index contributed by atoms with van der Waals surface area (Å²) in [6, 6.07) is 25.5. The molecule has 28 heteroatoms. The van der Waals surface area contributed by atoms with Gasteiger partial charge in [0.25, 0.3) is 0 Å². The monoisotopic (exact) mass is 1290 g/mol. The number of aromatic nitrogens is 12. The number of hydrogen-bond acceptors (Lipinski definition) is 22. The number of fused-ring (bicyclic) bond motifs is 3. The lowest BCUT2D eigenvalue weighted by Crippen LogP contribution is -2.44. The highest BCUT2D eigenvalue weighted by Crippen LogP contribution is 2.48. The van der Waals surface area contributed by atoms with Gasteiger partial charge in [-0.15, -0.1) is 0 Å². The molecule has 0 radical (unpaired) electrons. The van der Waals surface area contributed by atoms with Crippen molar-refractivity contribution >= 4 is 97.2 Å². The Morgan fingerprint density at radius 3 is 1.33 bits per heavy atom. The summed E-state index contributed by atoms with van der Waals surface area (Å²) in [6.07, 6.45) is 7.05. The van der Waals surface area contributed by atoms with Gasteiger partial charge in [-0.3, -0.25) is 13.7 Å². The van der Waals surface area contributed by atoms with Crippen molar-refractivity contribution in [1.29, 1.82) is 0 Å². The molecular formula is C63H74N18O7S3. The Morgan fingerprint density at radius 1 is 0.462 bits per heavy atom. The third-order valence-electron chi connectivity index (χ3n) is 18.4. The largest absolute Gasteiger partial charge is 0.377 e. The molecule has 4 aliphatic heterocycles. The quantitative estimate of drug-likeness (QED) is 0.0984. The molecule has 91 heavy (non-hydrogen) atoms. The van der Waals surface area contributed by atoms with Crippen LogP contribution in [0.15, 0.2) is 92.0 Å². The maximum absolute atomic E-state index is 15.1. The Hall–Kier alpha value is -7.60. The lowest BCUT2D eigenvalue weighted by molar-refractivity contribution is -0.0457. The van der Waals surface area contributed by atoms with Crippen molar-refractivity contribution in [2.45, 2.75) is 107 Å². The van der Waals surface area contributed by atoms with Gasteiger partial charge in [0.1, 0.15) is 41.0 Å². The average molecular weight is 1290 g/mol. The van der Waals surface area contributed by atoms with E-state index in [0.717, 1.165) is 57.4 Å². The Balaban J connectivity index is 0.722. The van der Waals surface area contributed by atoms with Gasteiger partial charge in [-0.1, -0.05) is 24.3 Å². The molecule has 6 aromatic heterocycles. The van der Waals surface area contributed by atoms with Gasteiger partial charge in [0.2, 0.25) is 17.8 Å². The second-order valence-electron chi connectivity index (χ2n) is 25.2. The molecule has 0 N–H and O–H groups in total. The molecular weight excluding hydrogens is 1220 g/mol. The van der Waals surface area contributed by atoms with Crippen molar-refractivity contribution in [3.63, 3.8) is 0 Å². The van der Waals surface area contributed by atoms with E-state index in [-0.39, 0.29) is 41.2 Å². The predicted molar refractivity (Wildman–Crippen MR) is 352 cm³/mol. The Morgan fingerprint density at radius 2 is 0.879 bits per heavy atom. The minimum absolute atomic E-state index is 0.000438. The summed E-state index contributed by atoms with van der Waals surface area (Å²) in [5.74, 6) is 6.13. The molecule has 9 aromatic rings. The molecule has 25 nitrogen and oxygen atoms in total. The number of morpholine rings is 3. The van der Waals surface area contributed by atoms with Gasteiger partial charge < -0.3 is 33.6 Å². The number of nitrogens with zero attached hydrogens (tertiary/aromatic N) is 18. The molecule has 6 aliphatic rings. The second-order valence-corrected chi connectivity index (χ2v) is 32.8. The first kappa shape index (κ1) is 59.7. The number of para-hydroxylation sites is 2. The minimum Gasteiger partial charge on any atom is -0.377 e. The van der Waals surface area contributed by atoms with Crippen molar-refractivity contribution < 1.29 is 31.6 Å². The molecule has 4 saturated heterocycles. The fourth-order valence-electron chi connectivity index (χ4n) is 13.3. The van der Waals surface area contributed by atoms with E-state index >= 15 is 8.42 Å². The normalized spacial score (nSPS) is 24.8. The van der Waals surface area contributed by atoms with Crippen molar-refractivity contribution in [2.75, 3.05) is 99.3 Å². The number of aryl methyl sites for hydroxylation is 3. The van der Waals surface area contributed by atoms with Crippen LogP contribution in [0.3, 0.4) is 0 Å². The Kier molecular flexibility index (Phi) is 15.0. The fraction of sp³-hybridized carbons (Fsp3) is 0.476. The van der Waals surface area contributed by atoms with E-state index in [1.165, 1.54) is 0 Å². The van der Waals surface area contributed by atoms with E-state index in [4.69, 9.17) is 76.9 Å². The van der Waals surface area contributed by atoms with Crippen LogP contribution in [0.1, 0.15) is 80.7 Å². The fourth-order valence-corrected chi connectivity index (χ4v) is 18.5. The maximum atomic E-state index is 15.1. The number of rotatable bonds is 14. The van der Waals surface area contributed by atoms with Crippen LogP contribution in [0.25, 0.3) is 50.9 Å². The average Bonchev–Trinajstić information content (AvgIpc) is 1.71. The molecule has 0 amide bonds. The van der Waals surface area contributed by atoms with Gasteiger partial charge in [0.15, 0.2) is 17.5 Å². The first-order chi connectivity index (χ1) is 43.7. The van der Waals surface area contributed by atoms with Crippen LogP contribution < -0.4 is 14.7 Å². The molecule has 10 heterocycles. The highest BCUT2D eigenvalue weighted by molar-refractivity contribution is 7.94. The number of anilines is 3. The zero-order valence-electron chi connectivity index (χ0n) is 52.4. The smallest absolute Gasteiger partial charge is 0.239 e. The van der Waals surface area contributed by atoms with Crippen LogP contribution in [0.4, 0.5) is 34.9 Å². The van der Waals surface area contributed by atoms with Gasteiger partial charge in [0, 0.05) is 67.8 Å². The zero-order valence-corrected chi connectivity index (χ0v) is 54.9. The Labute approximate surface area is 528 Å². The Bertz CT molecular complexity index is 4810. The SMILES string of the molecule is Cc1nc2cc(C3CC3S(C)(=O)=Nc3cc(N4CCOC[C@H]4C)nc(-n4c(C)nc5cc(C6OCC6S(C)(=O)=Nc6cc(N7CCOC[C@H]7C)nc(-n7c(C)nc8ccccc87)n6)ccc54)n3)ccc2n1-c1nc(N=S(C)(=O)C2CC2)cc(N2CCOC[C@H]2C)n1. The van der Waals surface area contributed by atoms with Gasteiger partial charge in [-0.2, -0.15) is 43.0 Å². The van der Waals surface area contributed by atoms with Crippen LogP contribution in [-0.4, -0.2) is 190 Å². The van der Waals surface area contributed by atoms with E-state index < -0.39 is 40.5 Å². The third-order valence-corrected chi connectivity index (χ3v) is 24.9. The molecule has 2 saturated carbocycles. The standard InChI is InChI=1S/C63H74N18O7S3/c1-36-32-85-23-20-76(36)57-29-54(73-89(7,82)44-16-17-44)67-62(71-57)80-40(5)65-47-26-42(14-18-50(47)80)45-28-52(45)90(8,83)74-55-30-58(77-21-24-86-33-37(77)2)72-63(68-55)81-41(6)66-48-27-43(15-19-51(48)81)60-53(35-88-60)91(9,84)75-56-31-59(78-22-25-87-34-38(78)3)70-61(69-56)79-39(4)64-46-12-10-11-13-49(46)79/h10-15,18-19,26-27,29-31,36-38,44-45,52-53,60H,16-17,20-25,28,32-35H2,1-9H3/t36-,37-,38-,45?,52?,53?,60?,89?,90?,91?/m1/s1. The summed E-state index contributed by atoms with van der Waals surface area (Å²) < 4.78 is 88.0. The molecule has 3 aromatic carbocycles. The topological polar surface area (TPSA) is 266 Å². The third kappa shape index (κ3) is 11.3. The van der Waals surface area contributed by atoms with Crippen molar-refractivity contribution in [3.8, 4) is 17.8 Å². The van der Waals surface area contributed by atoms with Crippen LogP contribution in [0.5, 0.6) is 0 Å². The number of hydrogen-bond donors (Lipinski definition) is 0. The molecule has 0 bridgehead atoms. The van der Waals surface area contributed by atoms with E-state index in [2.05, 4.69) is 47.6 Å². The van der Waals surface area contributed by atoms with Gasteiger partial charge in [-0.05, 0) is 108 Å². The first-order valence-corrected chi connectivity index (χ1v) is 37.1. The van der Waals surface area contributed by atoms with E-state index in [1.807, 2.05) is 101 Å². The summed E-state index contributed by atoms with van der Waals surface area (Å²) in [5.41, 5.74) is 6.47. The second kappa shape index (κ2) is 22.9. The van der Waals surface area contributed by atoms with Crippen LogP contribution in [-0.2, 0) is 48.1 Å².